The van der Waals surface area contributed by atoms with Crippen molar-refractivity contribution < 1.29 is 19.0 Å². The van der Waals surface area contributed by atoms with Crippen LogP contribution in [0, 0.1) is 5.82 Å². The zero-order valence-corrected chi connectivity index (χ0v) is 10.3. The fraction of sp³-hybridized carbons (Fsp3) is 0.143. The number of aromatic nitrogens is 1. The van der Waals surface area contributed by atoms with Crippen molar-refractivity contribution >= 4 is 5.97 Å². The van der Waals surface area contributed by atoms with Crippen LogP contribution in [0.5, 0.6) is 5.88 Å². The number of methoxy groups -OCH3 is 1. The Hall–Kier alpha value is -2.43. The van der Waals surface area contributed by atoms with Crippen LogP contribution in [0.15, 0.2) is 36.4 Å². The zero-order valence-electron chi connectivity index (χ0n) is 10.3. The third kappa shape index (κ3) is 3.07. The van der Waals surface area contributed by atoms with Crippen LogP contribution in [0.25, 0.3) is 11.1 Å². The summed E-state index contributed by atoms with van der Waals surface area (Å²) < 4.78 is 18.2. The average Bonchev–Trinajstić information content (AvgIpc) is 2.38. The molecule has 0 saturated carbocycles. The van der Waals surface area contributed by atoms with Gasteiger partial charge in [-0.3, -0.25) is 4.79 Å². The maximum Gasteiger partial charge on any atom is 0.309 e. The molecule has 1 aromatic carbocycles. The fourth-order valence-electron chi connectivity index (χ4n) is 1.79. The lowest BCUT2D eigenvalue weighted by Gasteiger charge is -2.09. The Morgan fingerprint density at radius 1 is 1.37 bits per heavy atom. The van der Waals surface area contributed by atoms with Crippen LogP contribution in [0.2, 0.25) is 0 Å². The van der Waals surface area contributed by atoms with Gasteiger partial charge in [-0.05, 0) is 23.8 Å². The van der Waals surface area contributed by atoms with E-state index >= 15 is 0 Å². The van der Waals surface area contributed by atoms with Gasteiger partial charge >= 0.3 is 5.97 Å². The number of aliphatic carboxylic acids is 1. The molecule has 19 heavy (non-hydrogen) atoms. The van der Waals surface area contributed by atoms with E-state index in [1.807, 2.05) is 0 Å². The molecule has 0 spiro atoms. The van der Waals surface area contributed by atoms with E-state index in [-0.39, 0.29) is 12.2 Å². The Bertz CT molecular complexity index is 613. The number of carboxylic acids is 1. The summed E-state index contributed by atoms with van der Waals surface area (Å²) in [4.78, 5) is 15.0. The van der Waals surface area contributed by atoms with Gasteiger partial charge in [-0.15, -0.1) is 0 Å². The largest absolute Gasteiger partial charge is 0.481 e. The van der Waals surface area contributed by atoms with Gasteiger partial charge in [-0.25, -0.2) is 9.37 Å². The second-order valence-corrected chi connectivity index (χ2v) is 3.93. The first-order chi connectivity index (χ1) is 9.10. The molecule has 1 aromatic heterocycles. The minimum absolute atomic E-state index is 0.247. The Morgan fingerprint density at radius 3 is 2.79 bits per heavy atom. The zero-order chi connectivity index (χ0) is 13.8. The predicted molar refractivity (Wildman–Crippen MR) is 67.5 cm³/mol. The number of carboxylic acid groups (broad SMARTS) is 1. The normalized spacial score (nSPS) is 10.2. The molecule has 0 fully saturated rings. The smallest absolute Gasteiger partial charge is 0.309 e. The van der Waals surface area contributed by atoms with Crippen LogP contribution in [0.4, 0.5) is 4.39 Å². The number of rotatable bonds is 4. The summed E-state index contributed by atoms with van der Waals surface area (Å²) in [5, 5.41) is 8.90. The lowest BCUT2D eigenvalue weighted by molar-refractivity contribution is -0.136. The standard InChI is InChI=1S/C14H12FNO3/c1-19-13-6-5-11(12(16-13)8-14(17)18)9-3-2-4-10(15)7-9/h2-7H,8H2,1H3,(H,17,18). The highest BCUT2D eigenvalue weighted by Crippen LogP contribution is 2.25. The number of hydrogen-bond donors (Lipinski definition) is 1. The highest BCUT2D eigenvalue weighted by atomic mass is 19.1. The highest BCUT2D eigenvalue weighted by Gasteiger charge is 2.12. The predicted octanol–water partition coefficient (Wildman–Crippen LogP) is 2.52. The molecule has 5 heteroatoms. The van der Waals surface area contributed by atoms with Gasteiger partial charge in [-0.1, -0.05) is 12.1 Å². The molecule has 2 rings (SSSR count). The summed E-state index contributed by atoms with van der Waals surface area (Å²) >= 11 is 0. The van der Waals surface area contributed by atoms with Crippen LogP contribution in [0.1, 0.15) is 5.69 Å². The topological polar surface area (TPSA) is 59.4 Å². The minimum Gasteiger partial charge on any atom is -0.481 e. The van der Waals surface area contributed by atoms with E-state index in [2.05, 4.69) is 4.98 Å². The first-order valence-electron chi connectivity index (χ1n) is 5.62. The van der Waals surface area contributed by atoms with Crippen molar-refractivity contribution in [3.8, 4) is 17.0 Å². The third-order valence-electron chi connectivity index (χ3n) is 2.61. The summed E-state index contributed by atoms with van der Waals surface area (Å²) in [6.07, 6.45) is -0.247. The van der Waals surface area contributed by atoms with Gasteiger partial charge in [0.05, 0.1) is 19.2 Å². The number of benzene rings is 1. The summed E-state index contributed by atoms with van der Waals surface area (Å²) in [7, 11) is 1.45. The summed E-state index contributed by atoms with van der Waals surface area (Å²) in [6, 6.07) is 9.24. The molecule has 0 aliphatic carbocycles. The van der Waals surface area contributed by atoms with Crippen LogP contribution in [-0.4, -0.2) is 23.2 Å². The van der Waals surface area contributed by atoms with Gasteiger partial charge < -0.3 is 9.84 Å². The molecule has 2 aromatic rings. The van der Waals surface area contributed by atoms with Crippen molar-refractivity contribution in [1.82, 2.24) is 4.98 Å². The molecule has 1 N–H and O–H groups in total. The van der Waals surface area contributed by atoms with E-state index in [9.17, 15) is 9.18 Å². The van der Waals surface area contributed by atoms with Crippen molar-refractivity contribution in [2.45, 2.75) is 6.42 Å². The van der Waals surface area contributed by atoms with E-state index < -0.39 is 5.97 Å². The van der Waals surface area contributed by atoms with Crippen LogP contribution >= 0.6 is 0 Å². The molecular formula is C14H12FNO3. The maximum absolute atomic E-state index is 13.2. The first kappa shape index (κ1) is 13.0. The summed E-state index contributed by atoms with van der Waals surface area (Å²) in [5.74, 6) is -1.05. The second kappa shape index (κ2) is 5.48. The van der Waals surface area contributed by atoms with E-state index in [4.69, 9.17) is 9.84 Å². The van der Waals surface area contributed by atoms with Gasteiger partial charge in [0.1, 0.15) is 5.82 Å². The highest BCUT2D eigenvalue weighted by molar-refractivity contribution is 5.75. The number of pyridine rings is 1. The van der Waals surface area contributed by atoms with E-state index in [0.717, 1.165) is 0 Å². The lowest BCUT2D eigenvalue weighted by Crippen LogP contribution is -2.05. The number of nitrogens with zero attached hydrogens (tertiary/aromatic N) is 1. The van der Waals surface area contributed by atoms with Gasteiger partial charge in [0, 0.05) is 11.6 Å². The molecule has 0 radical (unpaired) electrons. The molecule has 0 bridgehead atoms. The lowest BCUT2D eigenvalue weighted by atomic mass is 10.0. The number of hydrogen-bond acceptors (Lipinski definition) is 3. The van der Waals surface area contributed by atoms with Crippen molar-refractivity contribution in [3.63, 3.8) is 0 Å². The molecule has 0 saturated heterocycles. The van der Waals surface area contributed by atoms with Gasteiger partial charge in [0.15, 0.2) is 0 Å². The monoisotopic (exact) mass is 261 g/mol. The van der Waals surface area contributed by atoms with E-state index in [0.29, 0.717) is 22.7 Å². The fourth-order valence-corrected chi connectivity index (χ4v) is 1.79. The molecule has 98 valence electrons. The molecule has 0 aliphatic rings. The second-order valence-electron chi connectivity index (χ2n) is 3.93. The van der Waals surface area contributed by atoms with E-state index in [1.54, 1.807) is 24.3 Å². The van der Waals surface area contributed by atoms with Gasteiger partial charge in [-0.2, -0.15) is 0 Å². The molecule has 0 amide bonds. The van der Waals surface area contributed by atoms with Gasteiger partial charge in [0.2, 0.25) is 5.88 Å². The number of ether oxygens (including phenoxy) is 1. The molecular weight excluding hydrogens is 249 g/mol. The average molecular weight is 261 g/mol. The number of carbonyl (C=O) groups is 1. The Morgan fingerprint density at radius 2 is 2.16 bits per heavy atom. The van der Waals surface area contributed by atoms with Crippen molar-refractivity contribution in [2.24, 2.45) is 0 Å². The molecule has 0 unspecified atom stereocenters. The molecule has 4 nitrogen and oxygen atoms in total. The maximum atomic E-state index is 13.2. The number of halogens is 1. The quantitative estimate of drug-likeness (QED) is 0.918. The Labute approximate surface area is 109 Å². The molecule has 0 atom stereocenters. The first-order valence-corrected chi connectivity index (χ1v) is 5.62. The molecule has 0 aliphatic heterocycles. The van der Waals surface area contributed by atoms with Crippen molar-refractivity contribution in [2.75, 3.05) is 7.11 Å². The van der Waals surface area contributed by atoms with Crippen LogP contribution in [0.3, 0.4) is 0 Å². The van der Waals surface area contributed by atoms with Crippen molar-refractivity contribution in [1.29, 1.82) is 0 Å². The van der Waals surface area contributed by atoms with Crippen molar-refractivity contribution in [3.05, 3.63) is 47.9 Å². The van der Waals surface area contributed by atoms with Crippen LogP contribution < -0.4 is 4.74 Å². The minimum atomic E-state index is -1.00. The Kier molecular flexibility index (Phi) is 3.75. The summed E-state index contributed by atoms with van der Waals surface area (Å²) in [6.45, 7) is 0. The van der Waals surface area contributed by atoms with Gasteiger partial charge in [0.25, 0.3) is 0 Å². The summed E-state index contributed by atoms with van der Waals surface area (Å²) in [5.41, 5.74) is 1.52. The van der Waals surface area contributed by atoms with Crippen LogP contribution in [-0.2, 0) is 11.2 Å². The Balaban J connectivity index is 2.52. The molecule has 1 heterocycles. The SMILES string of the molecule is COc1ccc(-c2cccc(F)c2)c(CC(=O)O)n1. The third-order valence-corrected chi connectivity index (χ3v) is 2.61. The van der Waals surface area contributed by atoms with E-state index in [1.165, 1.54) is 19.2 Å².